The van der Waals surface area contributed by atoms with Crippen molar-refractivity contribution < 1.29 is 4.74 Å². The molecule has 1 aliphatic rings. The van der Waals surface area contributed by atoms with Crippen molar-refractivity contribution in [1.29, 1.82) is 0 Å². The van der Waals surface area contributed by atoms with E-state index < -0.39 is 0 Å². The van der Waals surface area contributed by atoms with Gasteiger partial charge in [-0.25, -0.2) is 0 Å². The highest BCUT2D eigenvalue weighted by atomic mass is 35.5. The van der Waals surface area contributed by atoms with Gasteiger partial charge in [-0.3, -0.25) is 0 Å². The maximum atomic E-state index is 6.02. The number of hydrogen-bond acceptors (Lipinski definition) is 3. The number of thiophene rings is 1. The van der Waals surface area contributed by atoms with Crippen LogP contribution in [0.25, 0.3) is 0 Å². The normalized spacial score (nSPS) is 26.8. The van der Waals surface area contributed by atoms with Crippen molar-refractivity contribution in [3.8, 4) is 0 Å². The summed E-state index contributed by atoms with van der Waals surface area (Å²) < 4.78 is 6.85. The molecule has 0 spiro atoms. The molecule has 1 aromatic rings. The minimum absolute atomic E-state index is 0.188. The Bertz CT molecular complexity index is 313. The summed E-state index contributed by atoms with van der Waals surface area (Å²) in [6, 6.07) is 4.00. The predicted octanol–water partition coefficient (Wildman–Crippen LogP) is 3.23. The molecule has 4 heteroatoms. The molecule has 2 rings (SSSR count). The fraction of sp³-hybridized carbons (Fsp3) is 0.636. The average molecular weight is 246 g/mol. The van der Waals surface area contributed by atoms with Crippen LogP contribution in [0.4, 0.5) is 0 Å². The highest BCUT2D eigenvalue weighted by Gasteiger charge is 2.23. The Morgan fingerprint density at radius 2 is 2.40 bits per heavy atom. The molecule has 1 fully saturated rings. The molecule has 2 heterocycles. The van der Waals surface area contributed by atoms with Crippen LogP contribution in [0, 0.1) is 0 Å². The molecule has 0 saturated carbocycles. The Balaban J connectivity index is 1.98. The lowest BCUT2D eigenvalue weighted by atomic mass is 10.1. The van der Waals surface area contributed by atoms with Crippen LogP contribution in [-0.4, -0.2) is 19.2 Å². The molecule has 0 amide bonds. The number of halogens is 1. The molecule has 0 aliphatic carbocycles. The molecule has 2 nitrogen and oxygen atoms in total. The van der Waals surface area contributed by atoms with E-state index in [9.17, 15) is 0 Å². The third kappa shape index (κ3) is 2.94. The molecule has 2 unspecified atom stereocenters. The first-order valence-electron chi connectivity index (χ1n) is 5.41. The monoisotopic (exact) mass is 245 g/mol. The lowest BCUT2D eigenvalue weighted by Gasteiger charge is -2.30. The topological polar surface area (TPSA) is 21.3 Å². The molecule has 15 heavy (non-hydrogen) atoms. The minimum Gasteiger partial charge on any atom is -0.367 e. The van der Waals surface area contributed by atoms with Gasteiger partial charge < -0.3 is 10.1 Å². The standard InChI is InChI=1S/C11H16ClNOS/c1-2-3-8-6-13-7-9(14-8)10-4-5-11(12)15-10/h4-5,8-9,13H,2-3,6-7H2,1H3. The Hall–Kier alpha value is -0.0900. The lowest BCUT2D eigenvalue weighted by molar-refractivity contribution is -0.0407. The van der Waals surface area contributed by atoms with Crippen molar-refractivity contribution in [3.63, 3.8) is 0 Å². The molecule has 1 aromatic heterocycles. The highest BCUT2D eigenvalue weighted by Crippen LogP contribution is 2.31. The number of hydrogen-bond donors (Lipinski definition) is 1. The maximum Gasteiger partial charge on any atom is 0.105 e. The van der Waals surface area contributed by atoms with E-state index in [4.69, 9.17) is 16.3 Å². The van der Waals surface area contributed by atoms with Crippen molar-refractivity contribution >= 4 is 22.9 Å². The Kier molecular flexibility index (Phi) is 4.03. The molecule has 0 bridgehead atoms. The zero-order valence-electron chi connectivity index (χ0n) is 8.83. The Morgan fingerprint density at radius 3 is 3.07 bits per heavy atom. The molecule has 1 aliphatic heterocycles. The fourth-order valence-electron chi connectivity index (χ4n) is 1.87. The highest BCUT2D eigenvalue weighted by molar-refractivity contribution is 7.16. The third-order valence-electron chi connectivity index (χ3n) is 2.58. The smallest absolute Gasteiger partial charge is 0.105 e. The van der Waals surface area contributed by atoms with Crippen LogP contribution >= 0.6 is 22.9 Å². The second-order valence-electron chi connectivity index (χ2n) is 3.84. The summed E-state index contributed by atoms with van der Waals surface area (Å²) in [7, 11) is 0. The Labute approximate surface area is 99.6 Å². The largest absolute Gasteiger partial charge is 0.367 e. The summed E-state index contributed by atoms with van der Waals surface area (Å²) in [5, 5.41) is 3.42. The molecule has 1 N–H and O–H groups in total. The van der Waals surface area contributed by atoms with Crippen molar-refractivity contribution in [3.05, 3.63) is 21.3 Å². The molecule has 0 radical (unpaired) electrons. The van der Waals surface area contributed by atoms with Crippen LogP contribution in [-0.2, 0) is 4.74 Å². The second kappa shape index (κ2) is 5.30. The number of ether oxygens (including phenoxy) is 1. The van der Waals surface area contributed by atoms with Gasteiger partial charge in [0.15, 0.2) is 0 Å². The minimum atomic E-state index is 0.188. The second-order valence-corrected chi connectivity index (χ2v) is 5.58. The van der Waals surface area contributed by atoms with Gasteiger partial charge in [0.25, 0.3) is 0 Å². The quantitative estimate of drug-likeness (QED) is 0.883. The van der Waals surface area contributed by atoms with E-state index in [-0.39, 0.29) is 6.10 Å². The van der Waals surface area contributed by atoms with Crippen LogP contribution in [0.5, 0.6) is 0 Å². The molecule has 0 aromatic carbocycles. The van der Waals surface area contributed by atoms with E-state index in [0.717, 1.165) is 23.8 Å². The van der Waals surface area contributed by atoms with Crippen LogP contribution in [0.1, 0.15) is 30.7 Å². The van der Waals surface area contributed by atoms with Crippen molar-refractivity contribution in [1.82, 2.24) is 5.32 Å². The SMILES string of the molecule is CCCC1CNCC(c2ccc(Cl)s2)O1. The molecule has 2 atom stereocenters. The van der Waals surface area contributed by atoms with Gasteiger partial charge in [-0.1, -0.05) is 24.9 Å². The third-order valence-corrected chi connectivity index (χ3v) is 3.90. The van der Waals surface area contributed by atoms with E-state index in [0.29, 0.717) is 6.10 Å². The van der Waals surface area contributed by atoms with E-state index in [1.54, 1.807) is 11.3 Å². The van der Waals surface area contributed by atoms with Gasteiger partial charge in [-0.2, -0.15) is 0 Å². The maximum absolute atomic E-state index is 6.02. The summed E-state index contributed by atoms with van der Waals surface area (Å²) in [5.41, 5.74) is 0. The lowest BCUT2D eigenvalue weighted by Crippen LogP contribution is -2.40. The number of rotatable bonds is 3. The van der Waals surface area contributed by atoms with Crippen molar-refractivity contribution in [2.24, 2.45) is 0 Å². The van der Waals surface area contributed by atoms with Gasteiger partial charge in [0, 0.05) is 18.0 Å². The predicted molar refractivity (Wildman–Crippen MR) is 64.7 cm³/mol. The van der Waals surface area contributed by atoms with Crippen LogP contribution in [0.3, 0.4) is 0 Å². The molecule has 1 saturated heterocycles. The zero-order chi connectivity index (χ0) is 10.7. The average Bonchev–Trinajstić information content (AvgIpc) is 2.66. The summed E-state index contributed by atoms with van der Waals surface area (Å²) in [6.45, 7) is 4.06. The fourth-order valence-corrected chi connectivity index (χ4v) is 2.96. The van der Waals surface area contributed by atoms with E-state index >= 15 is 0 Å². The first kappa shape index (κ1) is 11.4. The van der Waals surface area contributed by atoms with Gasteiger partial charge in [0.05, 0.1) is 10.4 Å². The van der Waals surface area contributed by atoms with Crippen LogP contribution in [0.2, 0.25) is 4.34 Å². The van der Waals surface area contributed by atoms with Crippen molar-refractivity contribution in [2.75, 3.05) is 13.1 Å². The molecule has 84 valence electrons. The molecular formula is C11H16ClNOS. The van der Waals surface area contributed by atoms with Crippen LogP contribution in [0.15, 0.2) is 12.1 Å². The van der Waals surface area contributed by atoms with E-state index in [1.165, 1.54) is 11.3 Å². The first-order chi connectivity index (χ1) is 7.29. The summed E-state index contributed by atoms with van der Waals surface area (Å²) in [6.07, 6.45) is 2.84. The van der Waals surface area contributed by atoms with Gasteiger partial charge in [0.2, 0.25) is 0 Å². The zero-order valence-corrected chi connectivity index (χ0v) is 10.4. The summed E-state index contributed by atoms with van der Waals surface area (Å²) in [5.74, 6) is 0. The summed E-state index contributed by atoms with van der Waals surface area (Å²) in [4.78, 5) is 1.23. The molecular weight excluding hydrogens is 230 g/mol. The Morgan fingerprint density at radius 1 is 1.53 bits per heavy atom. The van der Waals surface area contributed by atoms with Crippen molar-refractivity contribution in [2.45, 2.75) is 32.0 Å². The first-order valence-corrected chi connectivity index (χ1v) is 6.60. The van der Waals surface area contributed by atoms with E-state index in [2.05, 4.69) is 18.3 Å². The van der Waals surface area contributed by atoms with Gasteiger partial charge in [0.1, 0.15) is 6.10 Å². The summed E-state index contributed by atoms with van der Waals surface area (Å²) >= 11 is 7.53. The number of morpholine rings is 1. The van der Waals surface area contributed by atoms with E-state index in [1.807, 2.05) is 6.07 Å². The van der Waals surface area contributed by atoms with Gasteiger partial charge in [-0.15, -0.1) is 11.3 Å². The number of nitrogens with one attached hydrogen (secondary N) is 1. The van der Waals surface area contributed by atoms with Crippen LogP contribution < -0.4 is 5.32 Å². The van der Waals surface area contributed by atoms with Gasteiger partial charge >= 0.3 is 0 Å². The van der Waals surface area contributed by atoms with Gasteiger partial charge in [-0.05, 0) is 18.6 Å².